The topological polar surface area (TPSA) is 87.9 Å². The van der Waals surface area contributed by atoms with Crippen molar-refractivity contribution in [2.75, 3.05) is 19.6 Å². The number of amides is 1. The second-order valence-corrected chi connectivity index (χ2v) is 5.54. The lowest BCUT2D eigenvalue weighted by Crippen LogP contribution is -2.42. The Hall–Kier alpha value is -1.43. The van der Waals surface area contributed by atoms with Crippen molar-refractivity contribution in [2.45, 2.75) is 40.5 Å². The average Bonchev–Trinajstić information content (AvgIpc) is 2.84. The molecule has 1 aromatic rings. The molecule has 0 aliphatic rings. The Kier molecular flexibility index (Phi) is 5.47. The number of carbonyl (C=O) groups is 1. The summed E-state index contributed by atoms with van der Waals surface area (Å²) in [6.45, 7) is 9.87. The molecule has 6 nitrogen and oxygen atoms in total. The normalized spacial score (nSPS) is 11.6. The van der Waals surface area contributed by atoms with E-state index in [0.29, 0.717) is 19.6 Å². The van der Waals surface area contributed by atoms with Crippen molar-refractivity contribution in [3.05, 3.63) is 11.6 Å². The second-order valence-electron chi connectivity index (χ2n) is 5.54. The first-order chi connectivity index (χ1) is 8.93. The van der Waals surface area contributed by atoms with Gasteiger partial charge in [-0.25, -0.2) is 4.98 Å². The molecule has 1 rings (SSSR count). The summed E-state index contributed by atoms with van der Waals surface area (Å²) in [5, 5.41) is 6.81. The molecule has 3 N–H and O–H groups in total. The lowest BCUT2D eigenvalue weighted by molar-refractivity contribution is 0.0689. The van der Waals surface area contributed by atoms with E-state index in [9.17, 15) is 4.79 Å². The van der Waals surface area contributed by atoms with Crippen molar-refractivity contribution in [2.24, 2.45) is 11.1 Å². The molecule has 0 bridgehead atoms. The molecule has 0 unspecified atom stereocenters. The number of hydrogen-bond donors (Lipinski definition) is 2. The molecular weight excluding hydrogens is 242 g/mol. The third kappa shape index (κ3) is 4.31. The molecule has 0 aromatic carbocycles. The maximum absolute atomic E-state index is 12.3. The second kappa shape index (κ2) is 6.65. The van der Waals surface area contributed by atoms with Crippen LogP contribution in [0.1, 0.15) is 50.6 Å². The van der Waals surface area contributed by atoms with Crippen LogP contribution in [0.2, 0.25) is 0 Å². The number of H-pyrrole nitrogens is 1. The van der Waals surface area contributed by atoms with Crippen LogP contribution < -0.4 is 5.73 Å². The van der Waals surface area contributed by atoms with Crippen LogP contribution in [0.15, 0.2) is 0 Å². The molecule has 6 heteroatoms. The fraction of sp³-hybridized carbons (Fsp3) is 0.769. The summed E-state index contributed by atoms with van der Waals surface area (Å²) < 4.78 is 0. The SMILES string of the molecule is CCCc1nc(C(=O)N(CC)CC(C)(C)CN)n[nH]1. The average molecular weight is 267 g/mol. The summed E-state index contributed by atoms with van der Waals surface area (Å²) in [5.41, 5.74) is 5.61. The van der Waals surface area contributed by atoms with E-state index in [1.807, 2.05) is 20.8 Å². The maximum Gasteiger partial charge on any atom is 0.293 e. The molecule has 0 aliphatic heterocycles. The van der Waals surface area contributed by atoms with Crippen molar-refractivity contribution in [3.8, 4) is 0 Å². The molecule has 1 heterocycles. The van der Waals surface area contributed by atoms with Gasteiger partial charge in [-0.15, -0.1) is 5.10 Å². The van der Waals surface area contributed by atoms with Gasteiger partial charge in [0.05, 0.1) is 0 Å². The first-order valence-corrected chi connectivity index (χ1v) is 6.84. The van der Waals surface area contributed by atoms with Crippen LogP contribution in [0, 0.1) is 5.41 Å². The Morgan fingerprint density at radius 2 is 2.11 bits per heavy atom. The molecule has 0 saturated heterocycles. The monoisotopic (exact) mass is 267 g/mol. The van der Waals surface area contributed by atoms with Crippen molar-refractivity contribution in [1.29, 1.82) is 0 Å². The first-order valence-electron chi connectivity index (χ1n) is 6.84. The van der Waals surface area contributed by atoms with Gasteiger partial charge in [0, 0.05) is 19.5 Å². The molecule has 19 heavy (non-hydrogen) atoms. The van der Waals surface area contributed by atoms with Gasteiger partial charge in [0.2, 0.25) is 5.82 Å². The fourth-order valence-corrected chi connectivity index (χ4v) is 1.79. The molecule has 0 atom stereocenters. The minimum Gasteiger partial charge on any atom is -0.336 e. The molecule has 1 aromatic heterocycles. The van der Waals surface area contributed by atoms with Crippen molar-refractivity contribution < 1.29 is 4.79 Å². The predicted octanol–water partition coefficient (Wildman–Crippen LogP) is 1.20. The highest BCUT2D eigenvalue weighted by molar-refractivity contribution is 5.90. The summed E-state index contributed by atoms with van der Waals surface area (Å²) in [6, 6.07) is 0. The van der Waals surface area contributed by atoms with Crippen LogP contribution in [0.3, 0.4) is 0 Å². The molecule has 0 saturated carbocycles. The van der Waals surface area contributed by atoms with Crippen LogP contribution in [0.25, 0.3) is 0 Å². The van der Waals surface area contributed by atoms with Crippen LogP contribution in [-0.4, -0.2) is 45.6 Å². The molecule has 1 amide bonds. The number of nitrogens with zero attached hydrogens (tertiary/aromatic N) is 3. The molecule has 108 valence electrons. The first kappa shape index (κ1) is 15.6. The lowest BCUT2D eigenvalue weighted by atomic mass is 9.93. The van der Waals surface area contributed by atoms with Crippen LogP contribution in [0.5, 0.6) is 0 Å². The smallest absolute Gasteiger partial charge is 0.293 e. The summed E-state index contributed by atoms with van der Waals surface area (Å²) in [5.74, 6) is 0.876. The highest BCUT2D eigenvalue weighted by Gasteiger charge is 2.25. The molecule has 0 radical (unpaired) electrons. The summed E-state index contributed by atoms with van der Waals surface area (Å²) in [4.78, 5) is 18.3. The highest BCUT2D eigenvalue weighted by atomic mass is 16.2. The zero-order valence-electron chi connectivity index (χ0n) is 12.4. The summed E-state index contributed by atoms with van der Waals surface area (Å²) in [6.07, 6.45) is 1.78. The van der Waals surface area contributed by atoms with E-state index < -0.39 is 0 Å². The van der Waals surface area contributed by atoms with Crippen molar-refractivity contribution in [3.63, 3.8) is 0 Å². The molecule has 0 spiro atoms. The van der Waals surface area contributed by atoms with Gasteiger partial charge in [-0.05, 0) is 25.3 Å². The predicted molar refractivity (Wildman–Crippen MR) is 74.8 cm³/mol. The van der Waals surface area contributed by atoms with Gasteiger partial charge in [-0.3, -0.25) is 9.89 Å². The maximum atomic E-state index is 12.3. The number of aryl methyl sites for hydroxylation is 1. The van der Waals surface area contributed by atoms with E-state index in [1.54, 1.807) is 4.90 Å². The van der Waals surface area contributed by atoms with Crippen LogP contribution >= 0.6 is 0 Å². The number of nitrogens with one attached hydrogen (secondary N) is 1. The molecular formula is C13H25N5O. The standard InChI is InChI=1S/C13H25N5O/c1-5-7-10-15-11(17-16-10)12(19)18(6-2)9-13(3,4)8-14/h5-9,14H2,1-4H3,(H,15,16,17). The number of hydrogen-bond acceptors (Lipinski definition) is 4. The number of aromatic nitrogens is 3. The molecule has 0 aliphatic carbocycles. The van der Waals surface area contributed by atoms with E-state index >= 15 is 0 Å². The van der Waals surface area contributed by atoms with Gasteiger partial charge in [0.1, 0.15) is 5.82 Å². The van der Waals surface area contributed by atoms with Crippen LogP contribution in [0.4, 0.5) is 0 Å². The Morgan fingerprint density at radius 3 is 2.63 bits per heavy atom. The van der Waals surface area contributed by atoms with E-state index in [0.717, 1.165) is 18.7 Å². The Morgan fingerprint density at radius 1 is 1.42 bits per heavy atom. The number of aromatic amines is 1. The zero-order chi connectivity index (χ0) is 14.5. The minimum atomic E-state index is -0.136. The van der Waals surface area contributed by atoms with Gasteiger partial charge in [-0.1, -0.05) is 20.8 Å². The van der Waals surface area contributed by atoms with E-state index in [4.69, 9.17) is 5.73 Å². The lowest BCUT2D eigenvalue weighted by Gasteiger charge is -2.30. The largest absolute Gasteiger partial charge is 0.336 e. The van der Waals surface area contributed by atoms with E-state index in [1.165, 1.54) is 0 Å². The van der Waals surface area contributed by atoms with Crippen molar-refractivity contribution in [1.82, 2.24) is 20.1 Å². The van der Waals surface area contributed by atoms with Gasteiger partial charge >= 0.3 is 0 Å². The number of nitrogens with two attached hydrogens (primary N) is 1. The molecule has 0 fully saturated rings. The van der Waals surface area contributed by atoms with Gasteiger partial charge in [-0.2, -0.15) is 0 Å². The Balaban J connectivity index is 2.77. The fourth-order valence-electron chi connectivity index (χ4n) is 1.79. The third-order valence-corrected chi connectivity index (χ3v) is 3.05. The third-order valence-electron chi connectivity index (χ3n) is 3.05. The van der Waals surface area contributed by atoms with E-state index in [-0.39, 0.29) is 17.1 Å². The number of rotatable bonds is 7. The summed E-state index contributed by atoms with van der Waals surface area (Å²) >= 11 is 0. The minimum absolute atomic E-state index is 0.103. The van der Waals surface area contributed by atoms with Gasteiger partial charge in [0.15, 0.2) is 0 Å². The van der Waals surface area contributed by atoms with Gasteiger partial charge < -0.3 is 10.6 Å². The highest BCUT2D eigenvalue weighted by Crippen LogP contribution is 2.16. The zero-order valence-corrected chi connectivity index (χ0v) is 12.4. The quantitative estimate of drug-likeness (QED) is 0.777. The Bertz CT molecular complexity index is 413. The van der Waals surface area contributed by atoms with E-state index in [2.05, 4.69) is 22.1 Å². The number of carbonyl (C=O) groups excluding carboxylic acids is 1. The van der Waals surface area contributed by atoms with Gasteiger partial charge in [0.25, 0.3) is 5.91 Å². The summed E-state index contributed by atoms with van der Waals surface area (Å²) in [7, 11) is 0. The Labute approximate surface area is 114 Å². The van der Waals surface area contributed by atoms with Crippen LogP contribution in [-0.2, 0) is 6.42 Å². The van der Waals surface area contributed by atoms with Crippen molar-refractivity contribution >= 4 is 5.91 Å².